The summed E-state index contributed by atoms with van der Waals surface area (Å²) in [4.78, 5) is 4.37. The molecule has 3 rings (SSSR count). The molecule has 0 unspecified atom stereocenters. The van der Waals surface area contributed by atoms with Crippen LogP contribution in [0.4, 0.5) is 5.82 Å². The first-order valence-corrected chi connectivity index (χ1v) is 8.15. The molecular weight excluding hydrogens is 300 g/mol. The number of nitrogens with one attached hydrogen (secondary N) is 2. The number of ether oxygens (including phenoxy) is 1. The van der Waals surface area contributed by atoms with Crippen LogP contribution in [0.25, 0.3) is 11.1 Å². The van der Waals surface area contributed by atoms with Crippen molar-refractivity contribution >= 4 is 5.82 Å². The van der Waals surface area contributed by atoms with Crippen molar-refractivity contribution in [1.29, 1.82) is 0 Å². The van der Waals surface area contributed by atoms with Crippen LogP contribution in [0.2, 0.25) is 0 Å². The van der Waals surface area contributed by atoms with E-state index in [2.05, 4.69) is 34.3 Å². The van der Waals surface area contributed by atoms with Gasteiger partial charge in [-0.2, -0.15) is 5.10 Å². The summed E-state index contributed by atoms with van der Waals surface area (Å²) < 4.78 is 5.68. The van der Waals surface area contributed by atoms with Crippen LogP contribution in [0.15, 0.2) is 54.9 Å². The molecule has 0 aliphatic rings. The second-order valence-electron chi connectivity index (χ2n) is 5.87. The molecule has 0 amide bonds. The number of para-hydroxylation sites is 1. The molecule has 0 bridgehead atoms. The van der Waals surface area contributed by atoms with E-state index in [1.165, 1.54) is 0 Å². The zero-order valence-corrected chi connectivity index (χ0v) is 14.0. The lowest BCUT2D eigenvalue weighted by Crippen LogP contribution is -2.12. The van der Waals surface area contributed by atoms with Crippen molar-refractivity contribution in [2.24, 2.45) is 0 Å². The number of nitrogens with zero attached hydrogens (tertiary/aromatic N) is 2. The van der Waals surface area contributed by atoms with Gasteiger partial charge in [0.05, 0.1) is 12.7 Å². The van der Waals surface area contributed by atoms with Gasteiger partial charge in [0.25, 0.3) is 0 Å². The third kappa shape index (κ3) is 3.93. The van der Waals surface area contributed by atoms with E-state index in [4.69, 9.17) is 4.74 Å². The predicted molar refractivity (Wildman–Crippen MR) is 96.3 cm³/mol. The standard InChI is InChI=1S/C19H22N4O/c1-14(2)19-17(13-22-23-19)15-8-9-20-18(12-15)21-10-11-24-16-6-4-3-5-7-16/h3-9,12-14H,10-11H2,1-2H3,(H,20,21)(H,22,23). The topological polar surface area (TPSA) is 62.8 Å². The summed E-state index contributed by atoms with van der Waals surface area (Å²) in [6.45, 7) is 5.57. The highest BCUT2D eigenvalue weighted by Gasteiger charge is 2.11. The number of hydrogen-bond donors (Lipinski definition) is 2. The maximum absolute atomic E-state index is 5.68. The third-order valence-electron chi connectivity index (χ3n) is 3.74. The monoisotopic (exact) mass is 322 g/mol. The Morgan fingerprint density at radius 3 is 2.79 bits per heavy atom. The fraction of sp³-hybridized carbons (Fsp3) is 0.263. The van der Waals surface area contributed by atoms with Crippen molar-refractivity contribution in [3.63, 3.8) is 0 Å². The zero-order valence-electron chi connectivity index (χ0n) is 14.0. The molecule has 0 aliphatic carbocycles. The molecule has 124 valence electrons. The minimum atomic E-state index is 0.395. The first kappa shape index (κ1) is 16.1. The maximum Gasteiger partial charge on any atom is 0.126 e. The summed E-state index contributed by atoms with van der Waals surface area (Å²) >= 11 is 0. The molecule has 0 saturated carbocycles. The van der Waals surface area contributed by atoms with Crippen molar-refractivity contribution in [3.05, 3.63) is 60.6 Å². The highest BCUT2D eigenvalue weighted by Crippen LogP contribution is 2.28. The largest absolute Gasteiger partial charge is 0.492 e. The van der Waals surface area contributed by atoms with Crippen molar-refractivity contribution in [1.82, 2.24) is 15.2 Å². The SMILES string of the molecule is CC(C)c1[nH]ncc1-c1ccnc(NCCOc2ccccc2)c1. The first-order chi connectivity index (χ1) is 11.7. The van der Waals surface area contributed by atoms with Gasteiger partial charge in [0.1, 0.15) is 18.2 Å². The molecule has 24 heavy (non-hydrogen) atoms. The normalized spacial score (nSPS) is 10.8. The maximum atomic E-state index is 5.68. The van der Waals surface area contributed by atoms with E-state index >= 15 is 0 Å². The number of pyridine rings is 1. The van der Waals surface area contributed by atoms with E-state index in [0.29, 0.717) is 19.1 Å². The van der Waals surface area contributed by atoms with Crippen molar-refractivity contribution in [2.75, 3.05) is 18.5 Å². The van der Waals surface area contributed by atoms with Crippen LogP contribution in [0, 0.1) is 0 Å². The van der Waals surface area contributed by atoms with E-state index in [1.807, 2.05) is 54.9 Å². The van der Waals surface area contributed by atoms with E-state index in [-0.39, 0.29) is 0 Å². The second-order valence-corrected chi connectivity index (χ2v) is 5.87. The predicted octanol–water partition coefficient (Wildman–Crippen LogP) is 4.09. The Balaban J connectivity index is 1.60. The van der Waals surface area contributed by atoms with Gasteiger partial charge in [0, 0.05) is 17.5 Å². The van der Waals surface area contributed by atoms with Gasteiger partial charge in [-0.1, -0.05) is 32.0 Å². The molecule has 3 aromatic rings. The summed E-state index contributed by atoms with van der Waals surface area (Å²) in [5.41, 5.74) is 3.37. The van der Waals surface area contributed by atoms with Gasteiger partial charge in [-0.15, -0.1) is 0 Å². The highest BCUT2D eigenvalue weighted by atomic mass is 16.5. The Labute approximate surface area is 142 Å². The van der Waals surface area contributed by atoms with Gasteiger partial charge in [-0.3, -0.25) is 5.10 Å². The van der Waals surface area contributed by atoms with E-state index in [1.54, 1.807) is 0 Å². The third-order valence-corrected chi connectivity index (χ3v) is 3.74. The summed E-state index contributed by atoms with van der Waals surface area (Å²) in [5.74, 6) is 2.10. The zero-order chi connectivity index (χ0) is 16.8. The summed E-state index contributed by atoms with van der Waals surface area (Å²) in [7, 11) is 0. The number of aromatic amines is 1. The molecule has 0 radical (unpaired) electrons. The summed E-state index contributed by atoms with van der Waals surface area (Å²) in [5, 5.41) is 10.6. The fourth-order valence-electron chi connectivity index (χ4n) is 2.53. The highest BCUT2D eigenvalue weighted by molar-refractivity contribution is 5.68. The summed E-state index contributed by atoms with van der Waals surface area (Å²) in [6.07, 6.45) is 3.68. The Hall–Kier alpha value is -2.82. The lowest BCUT2D eigenvalue weighted by molar-refractivity contribution is 0.333. The van der Waals surface area contributed by atoms with Gasteiger partial charge >= 0.3 is 0 Å². The molecule has 0 fully saturated rings. The average Bonchev–Trinajstić information content (AvgIpc) is 3.10. The van der Waals surface area contributed by atoms with Crippen LogP contribution in [0.3, 0.4) is 0 Å². The molecule has 0 atom stereocenters. The van der Waals surface area contributed by atoms with Gasteiger partial charge < -0.3 is 10.1 Å². The van der Waals surface area contributed by atoms with E-state index in [0.717, 1.165) is 28.4 Å². The van der Waals surface area contributed by atoms with Crippen LogP contribution in [-0.4, -0.2) is 28.3 Å². The summed E-state index contributed by atoms with van der Waals surface area (Å²) in [6, 6.07) is 13.8. The van der Waals surface area contributed by atoms with Crippen molar-refractivity contribution in [3.8, 4) is 16.9 Å². The van der Waals surface area contributed by atoms with E-state index in [9.17, 15) is 0 Å². The molecule has 2 heterocycles. The number of H-pyrrole nitrogens is 1. The first-order valence-electron chi connectivity index (χ1n) is 8.15. The quantitative estimate of drug-likeness (QED) is 0.643. The molecule has 1 aromatic carbocycles. The smallest absolute Gasteiger partial charge is 0.126 e. The van der Waals surface area contributed by atoms with Crippen LogP contribution >= 0.6 is 0 Å². The van der Waals surface area contributed by atoms with Crippen LogP contribution in [0.5, 0.6) is 5.75 Å². The van der Waals surface area contributed by atoms with Crippen LogP contribution < -0.4 is 10.1 Å². The molecule has 5 nitrogen and oxygen atoms in total. The molecular formula is C19H22N4O. The Morgan fingerprint density at radius 1 is 1.17 bits per heavy atom. The van der Waals surface area contributed by atoms with Crippen LogP contribution in [-0.2, 0) is 0 Å². The molecule has 2 N–H and O–H groups in total. The second kappa shape index (κ2) is 7.64. The number of benzene rings is 1. The Morgan fingerprint density at radius 2 is 2.00 bits per heavy atom. The van der Waals surface area contributed by atoms with E-state index < -0.39 is 0 Å². The molecule has 0 spiro atoms. The molecule has 0 saturated heterocycles. The van der Waals surface area contributed by atoms with Crippen LogP contribution in [0.1, 0.15) is 25.5 Å². The molecule has 5 heteroatoms. The number of hydrogen-bond acceptors (Lipinski definition) is 4. The Kier molecular flexibility index (Phi) is 5.11. The molecule has 0 aliphatic heterocycles. The average molecular weight is 322 g/mol. The van der Waals surface area contributed by atoms with Gasteiger partial charge in [-0.25, -0.2) is 4.98 Å². The minimum absolute atomic E-state index is 0.395. The number of anilines is 1. The van der Waals surface area contributed by atoms with Gasteiger partial charge in [-0.05, 0) is 35.7 Å². The lowest BCUT2D eigenvalue weighted by Gasteiger charge is -2.10. The van der Waals surface area contributed by atoms with Gasteiger partial charge in [0.2, 0.25) is 0 Å². The minimum Gasteiger partial charge on any atom is -0.492 e. The lowest BCUT2D eigenvalue weighted by atomic mass is 10.0. The Bertz CT molecular complexity index is 768. The van der Waals surface area contributed by atoms with Gasteiger partial charge in [0.15, 0.2) is 0 Å². The number of aromatic nitrogens is 3. The van der Waals surface area contributed by atoms with Crippen molar-refractivity contribution in [2.45, 2.75) is 19.8 Å². The number of rotatable bonds is 7. The van der Waals surface area contributed by atoms with Crippen molar-refractivity contribution < 1.29 is 4.74 Å². The fourth-order valence-corrected chi connectivity index (χ4v) is 2.53. The molecule has 2 aromatic heterocycles.